The Labute approximate surface area is 121 Å². The molecule has 0 aliphatic carbocycles. The van der Waals surface area contributed by atoms with Crippen LogP contribution in [-0.4, -0.2) is 12.5 Å². The molecule has 0 aliphatic rings. The van der Waals surface area contributed by atoms with Gasteiger partial charge in [0.15, 0.2) is 0 Å². The topological polar surface area (TPSA) is 55.1 Å². The highest BCUT2D eigenvalue weighted by Crippen LogP contribution is 2.17. The van der Waals surface area contributed by atoms with Crippen molar-refractivity contribution in [3.05, 3.63) is 64.1 Å². The van der Waals surface area contributed by atoms with Crippen LogP contribution in [-0.2, 0) is 6.42 Å². The van der Waals surface area contributed by atoms with Crippen molar-refractivity contribution in [2.45, 2.75) is 6.42 Å². The lowest BCUT2D eigenvalue weighted by atomic mass is 10.1. The zero-order valence-corrected chi connectivity index (χ0v) is 12.0. The van der Waals surface area contributed by atoms with Gasteiger partial charge in [0.25, 0.3) is 5.91 Å². The Kier molecular flexibility index (Phi) is 4.58. The van der Waals surface area contributed by atoms with Crippen LogP contribution in [0.1, 0.15) is 15.9 Å². The Morgan fingerprint density at radius 1 is 1.16 bits per heavy atom. The number of benzene rings is 2. The van der Waals surface area contributed by atoms with E-state index in [2.05, 4.69) is 21.2 Å². The Morgan fingerprint density at radius 2 is 1.89 bits per heavy atom. The Hall–Kier alpha value is -1.81. The summed E-state index contributed by atoms with van der Waals surface area (Å²) in [7, 11) is 0. The van der Waals surface area contributed by atoms with E-state index in [1.54, 1.807) is 18.2 Å². The van der Waals surface area contributed by atoms with Crippen molar-refractivity contribution in [1.82, 2.24) is 5.32 Å². The fourth-order valence-electron chi connectivity index (χ4n) is 1.81. The number of hydrogen-bond donors (Lipinski definition) is 2. The standard InChI is InChI=1S/C15H15BrN2O/c16-13-8-12(9-14(17)10-13)15(19)18-7-6-11-4-2-1-3-5-11/h1-5,8-10H,6-7,17H2,(H,18,19). The Morgan fingerprint density at radius 3 is 2.58 bits per heavy atom. The molecule has 0 aromatic heterocycles. The lowest BCUT2D eigenvalue weighted by Crippen LogP contribution is -2.25. The molecule has 0 fully saturated rings. The highest BCUT2D eigenvalue weighted by molar-refractivity contribution is 9.10. The van der Waals surface area contributed by atoms with Crippen LogP contribution in [0.25, 0.3) is 0 Å². The highest BCUT2D eigenvalue weighted by atomic mass is 79.9. The van der Waals surface area contributed by atoms with Crippen molar-refractivity contribution in [3.63, 3.8) is 0 Å². The van der Waals surface area contributed by atoms with Crippen LogP contribution in [0, 0.1) is 0 Å². The normalized spacial score (nSPS) is 10.2. The van der Waals surface area contributed by atoms with Crippen molar-refractivity contribution in [2.75, 3.05) is 12.3 Å². The molecule has 0 atom stereocenters. The van der Waals surface area contributed by atoms with Gasteiger partial charge in [0.05, 0.1) is 0 Å². The van der Waals surface area contributed by atoms with Gasteiger partial charge in [-0.3, -0.25) is 4.79 Å². The SMILES string of the molecule is Nc1cc(Br)cc(C(=O)NCCc2ccccc2)c1. The molecular formula is C15H15BrN2O. The molecule has 4 heteroatoms. The van der Waals surface area contributed by atoms with Gasteiger partial charge in [-0.25, -0.2) is 0 Å². The second-order valence-corrected chi connectivity index (χ2v) is 5.18. The summed E-state index contributed by atoms with van der Waals surface area (Å²) < 4.78 is 0.806. The van der Waals surface area contributed by atoms with E-state index in [0.29, 0.717) is 17.8 Å². The summed E-state index contributed by atoms with van der Waals surface area (Å²) in [4.78, 5) is 12.0. The second kappa shape index (κ2) is 6.38. The number of anilines is 1. The first-order chi connectivity index (χ1) is 9.15. The third-order valence-corrected chi connectivity index (χ3v) is 3.18. The smallest absolute Gasteiger partial charge is 0.251 e. The maximum Gasteiger partial charge on any atom is 0.251 e. The predicted molar refractivity (Wildman–Crippen MR) is 81.0 cm³/mol. The maximum atomic E-state index is 12.0. The first-order valence-electron chi connectivity index (χ1n) is 6.03. The monoisotopic (exact) mass is 318 g/mol. The summed E-state index contributed by atoms with van der Waals surface area (Å²) in [6.45, 7) is 0.606. The number of rotatable bonds is 4. The number of carbonyl (C=O) groups excluding carboxylic acids is 1. The molecule has 19 heavy (non-hydrogen) atoms. The van der Waals surface area contributed by atoms with Crippen LogP contribution in [0.5, 0.6) is 0 Å². The summed E-state index contributed by atoms with van der Waals surface area (Å²) >= 11 is 3.33. The van der Waals surface area contributed by atoms with Gasteiger partial charge >= 0.3 is 0 Å². The zero-order valence-electron chi connectivity index (χ0n) is 10.4. The third kappa shape index (κ3) is 4.10. The maximum absolute atomic E-state index is 12.0. The van der Waals surface area contributed by atoms with Crippen molar-refractivity contribution in [1.29, 1.82) is 0 Å². The summed E-state index contributed by atoms with van der Waals surface area (Å²) in [5.74, 6) is -0.107. The number of carbonyl (C=O) groups is 1. The van der Waals surface area contributed by atoms with E-state index in [4.69, 9.17) is 5.73 Å². The average molecular weight is 319 g/mol. The minimum absolute atomic E-state index is 0.107. The lowest BCUT2D eigenvalue weighted by Gasteiger charge is -2.06. The lowest BCUT2D eigenvalue weighted by molar-refractivity contribution is 0.0954. The van der Waals surface area contributed by atoms with Crippen molar-refractivity contribution >= 4 is 27.5 Å². The van der Waals surface area contributed by atoms with Gasteiger partial charge < -0.3 is 11.1 Å². The molecule has 2 aromatic rings. The fraction of sp³-hybridized carbons (Fsp3) is 0.133. The van der Waals surface area contributed by atoms with Gasteiger partial charge in [-0.1, -0.05) is 46.3 Å². The molecule has 2 rings (SSSR count). The molecule has 0 aliphatic heterocycles. The van der Waals surface area contributed by atoms with Crippen LogP contribution < -0.4 is 11.1 Å². The Bertz CT molecular complexity index is 549. The summed E-state index contributed by atoms with van der Waals surface area (Å²) in [5, 5.41) is 2.89. The molecule has 1 amide bonds. The molecule has 98 valence electrons. The molecule has 0 unspecified atom stereocenters. The quantitative estimate of drug-likeness (QED) is 0.851. The largest absolute Gasteiger partial charge is 0.399 e. The molecule has 0 bridgehead atoms. The molecule has 3 nitrogen and oxygen atoms in total. The van der Waals surface area contributed by atoms with Crippen LogP contribution >= 0.6 is 15.9 Å². The van der Waals surface area contributed by atoms with Gasteiger partial charge in [-0.05, 0) is 30.2 Å². The highest BCUT2D eigenvalue weighted by Gasteiger charge is 2.06. The van der Waals surface area contributed by atoms with Crippen LogP contribution in [0.15, 0.2) is 53.0 Å². The van der Waals surface area contributed by atoms with Crippen LogP contribution in [0.2, 0.25) is 0 Å². The number of nitrogens with one attached hydrogen (secondary N) is 1. The van der Waals surface area contributed by atoms with E-state index < -0.39 is 0 Å². The summed E-state index contributed by atoms with van der Waals surface area (Å²) in [6.07, 6.45) is 0.816. The Balaban J connectivity index is 1.91. The summed E-state index contributed by atoms with van der Waals surface area (Å²) in [6, 6.07) is 15.2. The van der Waals surface area contributed by atoms with E-state index in [1.165, 1.54) is 5.56 Å². The van der Waals surface area contributed by atoms with Gasteiger partial charge in [0, 0.05) is 22.3 Å². The predicted octanol–water partition coefficient (Wildman–Crippen LogP) is 3.00. The molecule has 0 saturated carbocycles. The fourth-order valence-corrected chi connectivity index (χ4v) is 2.32. The average Bonchev–Trinajstić information content (AvgIpc) is 2.38. The van der Waals surface area contributed by atoms with E-state index in [9.17, 15) is 4.79 Å². The van der Waals surface area contributed by atoms with E-state index in [-0.39, 0.29) is 5.91 Å². The first-order valence-corrected chi connectivity index (χ1v) is 6.82. The van der Waals surface area contributed by atoms with Crippen molar-refractivity contribution in [3.8, 4) is 0 Å². The van der Waals surface area contributed by atoms with Crippen molar-refractivity contribution < 1.29 is 4.79 Å². The number of amides is 1. The van der Waals surface area contributed by atoms with Crippen LogP contribution in [0.4, 0.5) is 5.69 Å². The molecule has 3 N–H and O–H groups in total. The minimum Gasteiger partial charge on any atom is -0.399 e. The first kappa shape index (κ1) is 13.6. The number of hydrogen-bond acceptors (Lipinski definition) is 2. The molecule has 0 saturated heterocycles. The molecule has 0 spiro atoms. The molecule has 2 aromatic carbocycles. The number of halogens is 1. The molecule has 0 heterocycles. The molecular weight excluding hydrogens is 304 g/mol. The summed E-state index contributed by atoms with van der Waals surface area (Å²) in [5.41, 5.74) is 8.05. The second-order valence-electron chi connectivity index (χ2n) is 4.26. The van der Waals surface area contributed by atoms with E-state index >= 15 is 0 Å². The third-order valence-electron chi connectivity index (χ3n) is 2.72. The van der Waals surface area contributed by atoms with E-state index in [1.807, 2.05) is 30.3 Å². The number of nitrogens with two attached hydrogens (primary N) is 1. The molecule has 0 radical (unpaired) electrons. The van der Waals surface area contributed by atoms with E-state index in [0.717, 1.165) is 10.9 Å². The van der Waals surface area contributed by atoms with Crippen molar-refractivity contribution in [2.24, 2.45) is 0 Å². The zero-order chi connectivity index (χ0) is 13.7. The minimum atomic E-state index is -0.107. The van der Waals surface area contributed by atoms with Gasteiger partial charge in [0.2, 0.25) is 0 Å². The van der Waals surface area contributed by atoms with Crippen LogP contribution in [0.3, 0.4) is 0 Å². The van der Waals surface area contributed by atoms with Gasteiger partial charge in [-0.2, -0.15) is 0 Å². The number of nitrogen functional groups attached to an aromatic ring is 1. The van der Waals surface area contributed by atoms with Gasteiger partial charge in [-0.15, -0.1) is 0 Å². The van der Waals surface area contributed by atoms with Gasteiger partial charge in [0.1, 0.15) is 0 Å².